The number of esters is 1. The van der Waals surface area contributed by atoms with Gasteiger partial charge in [0, 0.05) is 11.8 Å². The maximum Gasteiger partial charge on any atom is 0.311 e. The van der Waals surface area contributed by atoms with Gasteiger partial charge < -0.3 is 19.6 Å². The molecule has 192 valence electrons. The topological polar surface area (TPSA) is 87.2 Å². The van der Waals surface area contributed by atoms with Crippen molar-refractivity contribution in [3.63, 3.8) is 0 Å². The first kappa shape index (κ1) is 25.4. The molecule has 7 nitrogen and oxygen atoms in total. The van der Waals surface area contributed by atoms with Gasteiger partial charge in [-0.05, 0) is 44.7 Å². The van der Waals surface area contributed by atoms with Crippen molar-refractivity contribution < 1.29 is 24.2 Å². The number of likely N-dealkylation sites (tertiary alicyclic amines) is 1. The van der Waals surface area contributed by atoms with Gasteiger partial charge in [-0.2, -0.15) is 0 Å². The molecule has 1 unspecified atom stereocenters. The number of allylic oxidation sites excluding steroid dienone is 1. The van der Waals surface area contributed by atoms with Gasteiger partial charge in [-0.15, -0.1) is 11.8 Å². The third-order valence-electron chi connectivity index (χ3n) is 7.74. The Morgan fingerprint density at radius 1 is 1.22 bits per heavy atom. The van der Waals surface area contributed by atoms with Gasteiger partial charge in [-0.1, -0.05) is 48.0 Å². The smallest absolute Gasteiger partial charge is 0.311 e. The van der Waals surface area contributed by atoms with Crippen molar-refractivity contribution in [2.75, 3.05) is 24.7 Å². The number of aryl methyl sites for hydroxylation is 1. The molecule has 1 N–H and O–H groups in total. The molecule has 2 saturated heterocycles. The highest BCUT2D eigenvalue weighted by atomic mass is 35.5. The highest BCUT2D eigenvalue weighted by molar-refractivity contribution is 8.02. The number of amides is 2. The fourth-order valence-electron chi connectivity index (χ4n) is 6.08. The predicted molar refractivity (Wildman–Crippen MR) is 140 cm³/mol. The number of cyclic esters (lactones) is 1. The maximum atomic E-state index is 14.4. The molecule has 36 heavy (non-hydrogen) atoms. The largest absolute Gasteiger partial charge is 0.465 e. The van der Waals surface area contributed by atoms with Crippen LogP contribution in [-0.4, -0.2) is 69.6 Å². The molecule has 2 amide bonds. The zero-order valence-electron chi connectivity index (χ0n) is 20.4. The van der Waals surface area contributed by atoms with Crippen LogP contribution in [0.3, 0.4) is 0 Å². The van der Waals surface area contributed by atoms with Crippen LogP contribution in [0.15, 0.2) is 42.5 Å². The molecule has 4 aliphatic heterocycles. The second-order valence-electron chi connectivity index (χ2n) is 9.97. The quantitative estimate of drug-likeness (QED) is 0.475. The number of rotatable bonds is 3. The number of hydrogen-bond donors (Lipinski definition) is 1. The van der Waals surface area contributed by atoms with Crippen molar-refractivity contribution in [2.45, 2.75) is 55.2 Å². The van der Waals surface area contributed by atoms with Gasteiger partial charge in [0.1, 0.15) is 6.04 Å². The number of hydrogen-bond acceptors (Lipinski definition) is 6. The van der Waals surface area contributed by atoms with Crippen molar-refractivity contribution in [2.24, 2.45) is 11.8 Å². The van der Waals surface area contributed by atoms with Gasteiger partial charge in [0.2, 0.25) is 5.91 Å². The van der Waals surface area contributed by atoms with E-state index in [-0.39, 0.29) is 23.7 Å². The van der Waals surface area contributed by atoms with Crippen LogP contribution in [0.5, 0.6) is 0 Å². The van der Waals surface area contributed by atoms with Crippen LogP contribution in [0.4, 0.5) is 5.69 Å². The van der Waals surface area contributed by atoms with E-state index in [4.69, 9.17) is 16.3 Å². The number of anilines is 1. The summed E-state index contributed by atoms with van der Waals surface area (Å²) in [4.78, 5) is 44.9. The molecule has 9 heteroatoms. The van der Waals surface area contributed by atoms with Gasteiger partial charge in [-0.25, -0.2) is 0 Å². The van der Waals surface area contributed by atoms with Gasteiger partial charge in [0.15, 0.2) is 0 Å². The Kier molecular flexibility index (Phi) is 6.96. The first-order valence-corrected chi connectivity index (χ1v) is 13.8. The van der Waals surface area contributed by atoms with Gasteiger partial charge in [0.05, 0.1) is 46.5 Å². The SMILES string of the molecule is Cc1cccc(Cl)c1N1CC=C[C@]23S[C@H]4/C=C\CCCCOC(=O)[C@H]4[C@H]2C(=O)N([C@H](C)CO)C3C1=O. The predicted octanol–water partition coefficient (Wildman–Crippen LogP) is 3.51. The lowest BCUT2D eigenvalue weighted by Gasteiger charge is -2.37. The Bertz CT molecular complexity index is 1120. The summed E-state index contributed by atoms with van der Waals surface area (Å²) >= 11 is 8.06. The maximum absolute atomic E-state index is 14.4. The average molecular weight is 531 g/mol. The minimum absolute atomic E-state index is 0.263. The van der Waals surface area contributed by atoms with E-state index in [1.54, 1.807) is 17.9 Å². The van der Waals surface area contributed by atoms with Crippen molar-refractivity contribution >= 4 is 46.8 Å². The van der Waals surface area contributed by atoms with Crippen molar-refractivity contribution in [3.8, 4) is 0 Å². The Hall–Kier alpha value is -2.29. The molecule has 1 aromatic rings. The average Bonchev–Trinajstić information content (AvgIpc) is 3.25. The summed E-state index contributed by atoms with van der Waals surface area (Å²) in [7, 11) is 0. The molecule has 6 atom stereocenters. The van der Waals surface area contributed by atoms with Crippen LogP contribution < -0.4 is 4.90 Å². The molecule has 4 heterocycles. The number of aliphatic hydroxyl groups excluding tert-OH is 1. The normalized spacial score (nSPS) is 33.9. The number of benzene rings is 1. The summed E-state index contributed by atoms with van der Waals surface area (Å²) in [6, 6.07) is 3.99. The molecular formula is C27H31ClN2O5S. The molecule has 5 rings (SSSR count). The monoisotopic (exact) mass is 530 g/mol. The van der Waals surface area contributed by atoms with Crippen LogP contribution >= 0.6 is 23.4 Å². The minimum Gasteiger partial charge on any atom is -0.465 e. The molecule has 4 aliphatic rings. The molecule has 1 aromatic carbocycles. The Morgan fingerprint density at radius 2 is 2.03 bits per heavy atom. The van der Waals surface area contributed by atoms with E-state index in [9.17, 15) is 19.5 Å². The third kappa shape index (κ3) is 3.89. The summed E-state index contributed by atoms with van der Waals surface area (Å²) < 4.78 is 4.66. The number of halogens is 1. The lowest BCUT2D eigenvalue weighted by atomic mass is 9.78. The molecule has 0 aromatic heterocycles. The Morgan fingerprint density at radius 3 is 2.78 bits per heavy atom. The number of para-hydroxylation sites is 1. The third-order valence-corrected chi connectivity index (χ3v) is 9.79. The molecule has 0 saturated carbocycles. The standard InChI is InChI=1S/C27H31ClN2O5S/c1-16-9-7-10-18(28)22(16)29-13-8-12-27-21(24(32)30(17(2)15-31)23(27)25(29)33)20-19(36-27)11-5-3-4-6-14-35-26(20)34/h5,7-12,17,19-21,23,31H,3-4,6,13-15H2,1-2H3/b11-5-/t17-,19+,20-,21+,23?,27+/m1/s1. The van der Waals surface area contributed by atoms with Gasteiger partial charge >= 0.3 is 5.97 Å². The Balaban J connectivity index is 1.65. The van der Waals surface area contributed by atoms with Crippen LogP contribution in [-0.2, 0) is 19.1 Å². The Labute approximate surface area is 220 Å². The second-order valence-corrected chi connectivity index (χ2v) is 11.9. The highest BCUT2D eigenvalue weighted by Gasteiger charge is 2.71. The zero-order chi connectivity index (χ0) is 25.6. The zero-order valence-corrected chi connectivity index (χ0v) is 22.0. The van der Waals surface area contributed by atoms with E-state index in [2.05, 4.69) is 6.08 Å². The van der Waals surface area contributed by atoms with Crippen molar-refractivity contribution in [1.29, 1.82) is 0 Å². The molecular weight excluding hydrogens is 500 g/mol. The second kappa shape index (κ2) is 9.88. The number of nitrogens with zero attached hydrogens (tertiary/aromatic N) is 2. The molecule has 0 aliphatic carbocycles. The lowest BCUT2D eigenvalue weighted by Crippen LogP contribution is -2.56. The number of carbonyl (C=O) groups excluding carboxylic acids is 3. The number of fused-ring (bicyclic) bond motifs is 2. The fourth-order valence-corrected chi connectivity index (χ4v) is 8.40. The molecule has 1 spiro atoms. The molecule has 2 fully saturated rings. The summed E-state index contributed by atoms with van der Waals surface area (Å²) in [5.74, 6) is -2.42. The highest BCUT2D eigenvalue weighted by Crippen LogP contribution is 2.61. The fraction of sp³-hybridized carbons (Fsp3) is 0.519. The van der Waals surface area contributed by atoms with E-state index in [0.29, 0.717) is 23.9 Å². The number of carbonyl (C=O) groups is 3. The van der Waals surface area contributed by atoms with Gasteiger partial charge in [0.25, 0.3) is 5.91 Å². The number of aliphatic hydroxyl groups is 1. The van der Waals surface area contributed by atoms with Crippen LogP contribution in [0.1, 0.15) is 31.7 Å². The van der Waals surface area contributed by atoms with Crippen LogP contribution in [0, 0.1) is 18.8 Å². The first-order valence-electron chi connectivity index (χ1n) is 12.5. The van der Waals surface area contributed by atoms with E-state index in [1.807, 2.05) is 37.3 Å². The first-order chi connectivity index (χ1) is 17.3. The summed E-state index contributed by atoms with van der Waals surface area (Å²) in [5, 5.41) is 10.2. The number of thioether (sulfide) groups is 1. The van der Waals surface area contributed by atoms with E-state index < -0.39 is 34.6 Å². The van der Waals surface area contributed by atoms with Crippen LogP contribution in [0.25, 0.3) is 0 Å². The minimum atomic E-state index is -0.964. The summed E-state index contributed by atoms with van der Waals surface area (Å²) in [6.45, 7) is 3.95. The number of ether oxygens (including phenoxy) is 1. The molecule has 0 bridgehead atoms. The van der Waals surface area contributed by atoms with Crippen molar-refractivity contribution in [1.82, 2.24) is 4.90 Å². The van der Waals surface area contributed by atoms with E-state index >= 15 is 0 Å². The summed E-state index contributed by atoms with van der Waals surface area (Å²) in [6.07, 6.45) is 10.5. The van der Waals surface area contributed by atoms with E-state index in [1.165, 1.54) is 16.7 Å². The van der Waals surface area contributed by atoms with Crippen LogP contribution in [0.2, 0.25) is 5.02 Å². The van der Waals surface area contributed by atoms with Crippen molar-refractivity contribution in [3.05, 3.63) is 53.1 Å². The molecule has 0 radical (unpaired) electrons. The summed E-state index contributed by atoms with van der Waals surface area (Å²) in [5.41, 5.74) is 1.46. The van der Waals surface area contributed by atoms with Gasteiger partial charge in [-0.3, -0.25) is 14.4 Å². The van der Waals surface area contributed by atoms with E-state index in [0.717, 1.165) is 24.8 Å². The lowest BCUT2D eigenvalue weighted by molar-refractivity contribution is -0.153.